The van der Waals surface area contributed by atoms with Crippen LogP contribution >= 0.6 is 11.6 Å². The fourth-order valence-electron chi connectivity index (χ4n) is 4.93. The van der Waals surface area contributed by atoms with Gasteiger partial charge in [0.1, 0.15) is 11.8 Å². The lowest BCUT2D eigenvalue weighted by Crippen LogP contribution is -2.46. The average Bonchev–Trinajstić information content (AvgIpc) is 3.58. The van der Waals surface area contributed by atoms with Gasteiger partial charge in [-0.15, -0.1) is 0 Å². The van der Waals surface area contributed by atoms with Crippen LogP contribution < -0.4 is 10.2 Å². The summed E-state index contributed by atoms with van der Waals surface area (Å²) < 4.78 is 7.92. The number of hydrogen-bond acceptors (Lipinski definition) is 6. The van der Waals surface area contributed by atoms with Crippen molar-refractivity contribution >= 4 is 46.2 Å². The predicted molar refractivity (Wildman–Crippen MR) is 147 cm³/mol. The standard InChI is InChI=1S/C29H21ClN6O/c1-18-25-26(24-12-7-17-37-24)35-23-11-6-5-10-22(23)32-27(31-20-15-13-19(30)14-16-20)29(35)33-28(25)36(34-18)21-8-3-2-4-9-21/h2-17,26H,1H3,(H,31,32)/t26-/m1/s1. The van der Waals surface area contributed by atoms with Crippen molar-refractivity contribution in [2.24, 2.45) is 9.98 Å². The summed E-state index contributed by atoms with van der Waals surface area (Å²) in [7, 11) is 0. The van der Waals surface area contributed by atoms with E-state index in [0.29, 0.717) is 16.7 Å². The Balaban J connectivity index is 1.49. The van der Waals surface area contributed by atoms with Crippen molar-refractivity contribution in [3.63, 3.8) is 0 Å². The van der Waals surface area contributed by atoms with Crippen molar-refractivity contribution in [1.29, 1.82) is 0 Å². The molecular formula is C29H21ClN6O. The summed E-state index contributed by atoms with van der Waals surface area (Å²) in [5.41, 5.74) is 5.45. The molecule has 0 aliphatic carbocycles. The maximum atomic E-state index is 6.13. The summed E-state index contributed by atoms with van der Waals surface area (Å²) in [5, 5.41) is 9.06. The number of aryl methyl sites for hydroxylation is 1. The molecule has 1 atom stereocenters. The van der Waals surface area contributed by atoms with Crippen LogP contribution in [0.5, 0.6) is 0 Å². The molecule has 0 fully saturated rings. The zero-order valence-corrected chi connectivity index (χ0v) is 20.6. The number of aromatic nitrogens is 2. The molecule has 0 unspecified atom stereocenters. The van der Waals surface area contributed by atoms with Gasteiger partial charge in [-0.05, 0) is 67.6 Å². The van der Waals surface area contributed by atoms with Crippen LogP contribution in [0.15, 0.2) is 112 Å². The van der Waals surface area contributed by atoms with E-state index < -0.39 is 0 Å². The van der Waals surface area contributed by atoms with Crippen molar-refractivity contribution < 1.29 is 4.42 Å². The van der Waals surface area contributed by atoms with Crippen LogP contribution in [0.4, 0.5) is 22.9 Å². The molecule has 0 bridgehead atoms. The van der Waals surface area contributed by atoms with Crippen molar-refractivity contribution in [2.45, 2.75) is 13.0 Å². The molecule has 7 nitrogen and oxygen atoms in total. The first-order valence-corrected chi connectivity index (χ1v) is 12.3. The number of rotatable bonds is 3. The van der Waals surface area contributed by atoms with Crippen molar-refractivity contribution in [2.75, 3.05) is 10.2 Å². The summed E-state index contributed by atoms with van der Waals surface area (Å²) in [4.78, 5) is 12.4. The number of aliphatic imine (C=N–C) groups is 2. The van der Waals surface area contributed by atoms with Gasteiger partial charge in [0.2, 0.25) is 0 Å². The van der Waals surface area contributed by atoms with Crippen LogP contribution in [0, 0.1) is 6.92 Å². The molecule has 1 N–H and O–H groups in total. The van der Waals surface area contributed by atoms with E-state index in [0.717, 1.165) is 45.6 Å². The second-order valence-corrected chi connectivity index (χ2v) is 9.31. The highest BCUT2D eigenvalue weighted by atomic mass is 35.5. The minimum Gasteiger partial charge on any atom is -0.467 e. The highest BCUT2D eigenvalue weighted by Crippen LogP contribution is 2.48. The van der Waals surface area contributed by atoms with Gasteiger partial charge >= 0.3 is 0 Å². The first-order chi connectivity index (χ1) is 18.2. The van der Waals surface area contributed by atoms with Gasteiger partial charge in [-0.3, -0.25) is 0 Å². The van der Waals surface area contributed by atoms with E-state index in [4.69, 9.17) is 31.1 Å². The number of para-hydroxylation sites is 3. The van der Waals surface area contributed by atoms with E-state index in [2.05, 4.69) is 16.3 Å². The maximum Gasteiger partial charge on any atom is 0.179 e. The highest BCUT2D eigenvalue weighted by molar-refractivity contribution is 6.51. The first-order valence-electron chi connectivity index (χ1n) is 11.9. The fourth-order valence-corrected chi connectivity index (χ4v) is 5.06. The van der Waals surface area contributed by atoms with E-state index in [-0.39, 0.29) is 6.04 Å². The molecule has 0 saturated carbocycles. The molecule has 0 saturated heterocycles. The molecule has 37 heavy (non-hydrogen) atoms. The van der Waals surface area contributed by atoms with Crippen molar-refractivity contribution in [3.8, 4) is 5.69 Å². The van der Waals surface area contributed by atoms with Crippen LogP contribution in [0.3, 0.4) is 0 Å². The monoisotopic (exact) mass is 504 g/mol. The Morgan fingerprint density at radius 1 is 0.865 bits per heavy atom. The zero-order valence-electron chi connectivity index (χ0n) is 19.8. The molecule has 3 aromatic carbocycles. The van der Waals surface area contributed by atoms with Crippen molar-refractivity contribution in [1.82, 2.24) is 9.78 Å². The number of halogens is 1. The zero-order chi connectivity index (χ0) is 24.9. The summed E-state index contributed by atoms with van der Waals surface area (Å²) in [6.45, 7) is 2.02. The van der Waals surface area contributed by atoms with Gasteiger partial charge in [0.25, 0.3) is 0 Å². The Bertz CT molecular complexity index is 1670. The topological polar surface area (TPSA) is 71.0 Å². The summed E-state index contributed by atoms with van der Waals surface area (Å²) in [6.07, 6.45) is 1.70. The van der Waals surface area contributed by atoms with Gasteiger partial charge in [0, 0.05) is 10.7 Å². The molecule has 2 aliphatic heterocycles. The molecule has 180 valence electrons. The van der Waals surface area contributed by atoms with Crippen LogP contribution in [0.25, 0.3) is 5.69 Å². The van der Waals surface area contributed by atoms with Gasteiger partial charge in [-0.25, -0.2) is 14.7 Å². The van der Waals surface area contributed by atoms with E-state index >= 15 is 0 Å². The lowest BCUT2D eigenvalue weighted by molar-refractivity contribution is 0.487. The van der Waals surface area contributed by atoms with Gasteiger partial charge in [-0.2, -0.15) is 5.10 Å². The number of hydrogen-bond donors (Lipinski definition) is 1. The SMILES string of the molecule is Cc1nn(-c2ccccc2)c2c1[C@@H](c1ccco1)N1C(=N2)C(Nc2ccc(Cl)cc2)=Nc2ccccc21. The number of nitrogens with zero attached hydrogens (tertiary/aromatic N) is 5. The maximum absolute atomic E-state index is 6.13. The molecule has 0 radical (unpaired) electrons. The molecule has 8 heteroatoms. The van der Waals surface area contributed by atoms with E-state index in [9.17, 15) is 0 Å². The Morgan fingerprint density at radius 3 is 2.43 bits per heavy atom. The van der Waals surface area contributed by atoms with Gasteiger partial charge < -0.3 is 14.6 Å². The third-order valence-corrected chi connectivity index (χ3v) is 6.81. The number of fused-ring (bicyclic) bond motifs is 4. The molecule has 0 spiro atoms. The molecule has 5 aromatic rings. The summed E-state index contributed by atoms with van der Waals surface area (Å²) >= 11 is 6.13. The van der Waals surface area contributed by atoms with Crippen LogP contribution in [-0.2, 0) is 0 Å². The lowest BCUT2D eigenvalue weighted by atomic mass is 9.98. The number of nitrogens with one attached hydrogen (secondary N) is 1. The van der Waals surface area contributed by atoms with E-state index in [1.165, 1.54) is 0 Å². The number of anilines is 2. The average molecular weight is 505 g/mol. The predicted octanol–water partition coefficient (Wildman–Crippen LogP) is 7.22. The Labute approximate surface area is 218 Å². The quantitative estimate of drug-likeness (QED) is 0.281. The highest BCUT2D eigenvalue weighted by Gasteiger charge is 2.42. The smallest absolute Gasteiger partial charge is 0.179 e. The third-order valence-electron chi connectivity index (χ3n) is 6.56. The largest absolute Gasteiger partial charge is 0.467 e. The van der Waals surface area contributed by atoms with Crippen molar-refractivity contribution in [3.05, 3.63) is 119 Å². The van der Waals surface area contributed by atoms with Crippen LogP contribution in [0.1, 0.15) is 23.1 Å². The van der Waals surface area contributed by atoms with E-state index in [1.807, 2.05) is 96.5 Å². The second kappa shape index (κ2) is 8.50. The molecule has 4 heterocycles. The second-order valence-electron chi connectivity index (χ2n) is 8.87. The normalized spacial score (nSPS) is 15.8. The summed E-state index contributed by atoms with van der Waals surface area (Å²) in [6, 6.07) is 29.3. The number of benzene rings is 3. The lowest BCUT2D eigenvalue weighted by Gasteiger charge is -2.39. The third kappa shape index (κ3) is 3.55. The van der Waals surface area contributed by atoms with E-state index in [1.54, 1.807) is 6.26 Å². The van der Waals surface area contributed by atoms with Crippen LogP contribution in [-0.4, -0.2) is 21.5 Å². The van der Waals surface area contributed by atoms with Crippen LogP contribution in [0.2, 0.25) is 5.02 Å². The minimum absolute atomic E-state index is 0.284. The minimum atomic E-state index is -0.284. The summed E-state index contributed by atoms with van der Waals surface area (Å²) in [5.74, 6) is 2.86. The first kappa shape index (κ1) is 21.6. The fraction of sp³-hybridized carbons (Fsp3) is 0.0690. The number of amidine groups is 2. The molecule has 2 aromatic heterocycles. The van der Waals surface area contributed by atoms with Gasteiger partial charge in [0.05, 0.1) is 34.6 Å². The van der Waals surface area contributed by atoms with Gasteiger partial charge in [-0.1, -0.05) is 41.9 Å². The Kier molecular flexibility index (Phi) is 4.97. The number of furan rings is 1. The molecular weight excluding hydrogens is 484 g/mol. The van der Waals surface area contributed by atoms with Gasteiger partial charge in [0.15, 0.2) is 17.5 Å². The molecule has 2 aliphatic rings. The Hall–Kier alpha value is -4.62. The molecule has 7 rings (SSSR count). The Morgan fingerprint density at radius 2 is 1.65 bits per heavy atom. The molecule has 0 amide bonds.